The Morgan fingerprint density at radius 3 is 1.21 bits per heavy atom. The van der Waals surface area contributed by atoms with Crippen molar-refractivity contribution < 1.29 is 49.3 Å². The minimum atomic E-state index is -1.57. The molecule has 7 unspecified atom stereocenters. The van der Waals surface area contributed by atoms with E-state index in [2.05, 4.69) is 19.2 Å². The number of aliphatic hydroxyl groups excluding tert-OH is 5. The Hall–Kier alpha value is -1.60. The zero-order chi connectivity index (χ0) is 55.9. The molecule has 0 saturated carbocycles. The summed E-state index contributed by atoms with van der Waals surface area (Å²) >= 11 is 0. The maximum Gasteiger partial charge on any atom is 0.305 e. The number of rotatable bonds is 59. The Kier molecular flexibility index (Phi) is 53.6. The van der Waals surface area contributed by atoms with Crippen LogP contribution < -0.4 is 5.32 Å². The molecule has 77 heavy (non-hydrogen) atoms. The van der Waals surface area contributed by atoms with Crippen LogP contribution in [0.5, 0.6) is 0 Å². The predicted octanol–water partition coefficient (Wildman–Crippen LogP) is 16.3. The third-order valence-corrected chi connectivity index (χ3v) is 16.2. The summed E-state index contributed by atoms with van der Waals surface area (Å²) in [7, 11) is 0. The fourth-order valence-electron chi connectivity index (χ4n) is 10.8. The van der Waals surface area contributed by atoms with E-state index in [0.29, 0.717) is 19.4 Å². The molecule has 1 saturated heterocycles. The van der Waals surface area contributed by atoms with Crippen LogP contribution >= 0.6 is 0 Å². The molecular formula is C66H127NO10. The van der Waals surface area contributed by atoms with Gasteiger partial charge in [-0.3, -0.25) is 9.59 Å². The minimum Gasteiger partial charge on any atom is -0.466 e. The lowest BCUT2D eigenvalue weighted by atomic mass is 9.99. The van der Waals surface area contributed by atoms with Crippen LogP contribution in [0.4, 0.5) is 0 Å². The third-order valence-electron chi connectivity index (χ3n) is 16.2. The van der Waals surface area contributed by atoms with Crippen LogP contribution in [0.1, 0.15) is 335 Å². The predicted molar refractivity (Wildman–Crippen MR) is 320 cm³/mol. The fraction of sp³-hybridized carbons (Fsp3) is 0.939. The number of carbonyl (C=O) groups is 2. The van der Waals surface area contributed by atoms with Crippen molar-refractivity contribution in [3.05, 3.63) is 12.2 Å². The molecule has 0 aliphatic carbocycles. The van der Waals surface area contributed by atoms with Gasteiger partial charge in [-0.05, 0) is 32.1 Å². The fourth-order valence-corrected chi connectivity index (χ4v) is 10.8. The summed E-state index contributed by atoms with van der Waals surface area (Å²) < 4.78 is 16.7. The molecule has 0 radical (unpaired) electrons. The van der Waals surface area contributed by atoms with Crippen molar-refractivity contribution in [2.45, 2.75) is 378 Å². The van der Waals surface area contributed by atoms with Gasteiger partial charge in [0.25, 0.3) is 0 Å². The van der Waals surface area contributed by atoms with Gasteiger partial charge < -0.3 is 45.1 Å². The molecular weight excluding hydrogens is 967 g/mol. The van der Waals surface area contributed by atoms with Crippen molar-refractivity contribution >= 4 is 11.9 Å². The molecule has 0 aromatic rings. The number of hydrogen-bond donors (Lipinski definition) is 6. The number of unbranched alkanes of at least 4 members (excludes halogenated alkanes) is 45. The Labute approximate surface area is 474 Å². The van der Waals surface area contributed by atoms with Crippen molar-refractivity contribution in [1.82, 2.24) is 5.32 Å². The third kappa shape index (κ3) is 45.7. The lowest BCUT2D eigenvalue weighted by molar-refractivity contribution is -0.302. The van der Waals surface area contributed by atoms with Gasteiger partial charge in [-0.15, -0.1) is 0 Å². The highest BCUT2D eigenvalue weighted by Gasteiger charge is 2.44. The Bertz CT molecular complexity index is 1280. The van der Waals surface area contributed by atoms with Crippen LogP contribution in [-0.4, -0.2) is 100 Å². The number of allylic oxidation sites excluding steroid dienone is 1. The number of aliphatic hydroxyl groups is 5. The molecule has 7 atom stereocenters. The van der Waals surface area contributed by atoms with Crippen molar-refractivity contribution in [3.63, 3.8) is 0 Å². The second-order valence-electron chi connectivity index (χ2n) is 23.5. The number of carbonyl (C=O) groups excluding carboxylic acids is 2. The molecule has 1 heterocycles. The second kappa shape index (κ2) is 56.3. The molecule has 6 N–H and O–H groups in total. The summed E-state index contributed by atoms with van der Waals surface area (Å²) in [6, 6.07) is -0.808. The van der Waals surface area contributed by atoms with Crippen LogP contribution in [0.3, 0.4) is 0 Å². The van der Waals surface area contributed by atoms with Crippen molar-refractivity contribution in [1.29, 1.82) is 0 Å². The second-order valence-corrected chi connectivity index (χ2v) is 23.5. The summed E-state index contributed by atoms with van der Waals surface area (Å²) in [6.07, 6.45) is 57.7. The van der Waals surface area contributed by atoms with E-state index in [1.165, 1.54) is 250 Å². The maximum absolute atomic E-state index is 13.0. The van der Waals surface area contributed by atoms with Crippen LogP contribution in [-0.2, 0) is 23.8 Å². The monoisotopic (exact) mass is 1090 g/mol. The molecule has 0 spiro atoms. The normalized spacial score (nSPS) is 18.6. The highest BCUT2D eigenvalue weighted by Crippen LogP contribution is 2.23. The number of nitrogens with one attached hydrogen (secondary N) is 1. The molecule has 1 fully saturated rings. The van der Waals surface area contributed by atoms with Gasteiger partial charge in [-0.1, -0.05) is 302 Å². The lowest BCUT2D eigenvalue weighted by Gasteiger charge is -2.40. The highest BCUT2D eigenvalue weighted by molar-refractivity contribution is 5.76. The van der Waals surface area contributed by atoms with E-state index in [4.69, 9.17) is 14.2 Å². The largest absolute Gasteiger partial charge is 0.466 e. The molecule has 11 nitrogen and oxygen atoms in total. The molecule has 0 aromatic heterocycles. The average molecular weight is 1090 g/mol. The van der Waals surface area contributed by atoms with Crippen molar-refractivity contribution in [2.75, 3.05) is 19.8 Å². The van der Waals surface area contributed by atoms with Gasteiger partial charge in [0.2, 0.25) is 5.91 Å². The van der Waals surface area contributed by atoms with E-state index in [-0.39, 0.29) is 18.5 Å². The molecule has 1 aliphatic heterocycles. The number of hydrogen-bond acceptors (Lipinski definition) is 10. The first kappa shape index (κ1) is 73.4. The smallest absolute Gasteiger partial charge is 0.305 e. The lowest BCUT2D eigenvalue weighted by Crippen LogP contribution is -2.60. The topological polar surface area (TPSA) is 175 Å². The molecule has 1 rings (SSSR count). The summed E-state index contributed by atoms with van der Waals surface area (Å²) in [5.74, 6) is -0.176. The standard InChI is InChI=1S/C66H127NO10/c1-3-5-7-9-11-13-14-15-16-17-25-28-31-34-38-42-46-50-54-62(71)75-55-51-47-43-39-35-32-29-26-23-21-19-18-20-22-24-27-30-33-37-41-45-49-53-61(70)67-58(59(69)52-48-44-40-36-12-10-8-6-4-2)57-76-66-65(74)64(73)63(72)60(56-68)77-66/h48,52,58-60,63-66,68-69,72-74H,3-47,49-51,53-57H2,1-2H3,(H,67,70)/b52-48+. The van der Waals surface area contributed by atoms with Crippen molar-refractivity contribution in [3.8, 4) is 0 Å². The Morgan fingerprint density at radius 1 is 0.468 bits per heavy atom. The van der Waals surface area contributed by atoms with Gasteiger partial charge in [-0.2, -0.15) is 0 Å². The summed E-state index contributed by atoms with van der Waals surface area (Å²) in [5.41, 5.74) is 0. The van der Waals surface area contributed by atoms with Crippen molar-refractivity contribution in [2.24, 2.45) is 0 Å². The van der Waals surface area contributed by atoms with E-state index >= 15 is 0 Å². The summed E-state index contributed by atoms with van der Waals surface area (Å²) in [6.45, 7) is 4.35. The molecule has 1 aliphatic rings. The van der Waals surface area contributed by atoms with Crippen LogP contribution in [0, 0.1) is 0 Å². The van der Waals surface area contributed by atoms with Crippen LogP contribution in [0.25, 0.3) is 0 Å². The van der Waals surface area contributed by atoms with E-state index < -0.39 is 49.5 Å². The van der Waals surface area contributed by atoms with E-state index in [0.717, 1.165) is 57.8 Å². The van der Waals surface area contributed by atoms with Gasteiger partial charge in [-0.25, -0.2) is 0 Å². The van der Waals surface area contributed by atoms with E-state index in [1.807, 2.05) is 6.08 Å². The van der Waals surface area contributed by atoms with Crippen LogP contribution in [0.15, 0.2) is 12.2 Å². The van der Waals surface area contributed by atoms with Crippen LogP contribution in [0.2, 0.25) is 0 Å². The van der Waals surface area contributed by atoms with E-state index in [9.17, 15) is 35.1 Å². The Morgan fingerprint density at radius 2 is 0.818 bits per heavy atom. The van der Waals surface area contributed by atoms with Gasteiger partial charge in [0.05, 0.1) is 32.0 Å². The summed E-state index contributed by atoms with van der Waals surface area (Å²) in [5, 5.41) is 54.3. The maximum atomic E-state index is 13.0. The van der Waals surface area contributed by atoms with Gasteiger partial charge in [0.15, 0.2) is 6.29 Å². The number of ether oxygens (including phenoxy) is 3. The van der Waals surface area contributed by atoms with Gasteiger partial charge in [0.1, 0.15) is 24.4 Å². The zero-order valence-electron chi connectivity index (χ0n) is 50.5. The van der Waals surface area contributed by atoms with Gasteiger partial charge >= 0.3 is 5.97 Å². The quantitative estimate of drug-likeness (QED) is 0.0195. The first-order valence-electron chi connectivity index (χ1n) is 33.5. The first-order valence-corrected chi connectivity index (χ1v) is 33.5. The molecule has 456 valence electrons. The van der Waals surface area contributed by atoms with Gasteiger partial charge in [0, 0.05) is 12.8 Å². The van der Waals surface area contributed by atoms with E-state index in [1.54, 1.807) is 6.08 Å². The number of amides is 1. The molecule has 0 bridgehead atoms. The summed E-state index contributed by atoms with van der Waals surface area (Å²) in [4.78, 5) is 25.1. The molecule has 11 heteroatoms. The molecule has 0 aromatic carbocycles. The average Bonchev–Trinajstić information content (AvgIpc) is 3.43. The first-order chi connectivity index (χ1) is 37.7. The number of esters is 1. The minimum absolute atomic E-state index is 0.00591. The Balaban J connectivity index is 1.93. The highest BCUT2D eigenvalue weighted by atomic mass is 16.7. The molecule has 1 amide bonds. The SMILES string of the molecule is CCCCCCCCC/C=C/C(O)C(COC1OC(CO)C(O)C(O)C1O)NC(=O)CCCCCCCCCCCCCCCCCCCCCCCCOC(=O)CCCCCCCCCCCCCCCCCCCC. The zero-order valence-corrected chi connectivity index (χ0v) is 50.5.